The van der Waals surface area contributed by atoms with Crippen molar-refractivity contribution in [2.45, 2.75) is 6.54 Å². The zero-order chi connectivity index (χ0) is 21.2. The molecule has 0 fully saturated rings. The average Bonchev–Trinajstić information content (AvgIpc) is 3.54. The van der Waals surface area contributed by atoms with Crippen LogP contribution in [-0.2, 0) is 6.54 Å². The zero-order valence-corrected chi connectivity index (χ0v) is 16.2. The van der Waals surface area contributed by atoms with Crippen molar-refractivity contribution in [3.63, 3.8) is 0 Å². The van der Waals surface area contributed by atoms with Crippen molar-refractivity contribution in [2.24, 2.45) is 0 Å². The molecule has 0 aliphatic rings. The van der Waals surface area contributed by atoms with E-state index in [0.29, 0.717) is 28.9 Å². The lowest BCUT2D eigenvalue weighted by Crippen LogP contribution is -2.12. The molecule has 1 amide bonds. The SMILES string of the molecule is N#Cc1cccc(Cn2cc(NC(=O)c3n[nH]c4ccc(-c5ccn[nH]5)cc34)cn2)c1. The second kappa shape index (κ2) is 7.61. The number of nitrogens with one attached hydrogen (secondary N) is 3. The van der Waals surface area contributed by atoms with Gasteiger partial charge in [-0.1, -0.05) is 18.2 Å². The summed E-state index contributed by atoms with van der Waals surface area (Å²) in [4.78, 5) is 12.9. The van der Waals surface area contributed by atoms with E-state index < -0.39 is 0 Å². The summed E-state index contributed by atoms with van der Waals surface area (Å²) in [6.45, 7) is 0.490. The number of rotatable bonds is 5. The molecule has 0 bridgehead atoms. The monoisotopic (exact) mass is 408 g/mol. The molecular formula is C22H16N8O. The Hall–Kier alpha value is -4.71. The van der Waals surface area contributed by atoms with E-state index in [9.17, 15) is 4.79 Å². The van der Waals surface area contributed by atoms with Gasteiger partial charge in [-0.15, -0.1) is 0 Å². The normalized spacial score (nSPS) is 10.8. The summed E-state index contributed by atoms with van der Waals surface area (Å²) < 4.78 is 1.70. The number of nitrogens with zero attached hydrogens (tertiary/aromatic N) is 5. The fraction of sp³-hybridized carbons (Fsp3) is 0.0455. The lowest BCUT2D eigenvalue weighted by molar-refractivity contribution is 0.102. The van der Waals surface area contributed by atoms with Gasteiger partial charge in [0.2, 0.25) is 0 Å². The van der Waals surface area contributed by atoms with Crippen molar-refractivity contribution in [2.75, 3.05) is 5.32 Å². The smallest absolute Gasteiger partial charge is 0.276 e. The number of H-pyrrole nitrogens is 2. The lowest BCUT2D eigenvalue weighted by atomic mass is 10.1. The molecule has 0 unspecified atom stereocenters. The standard InChI is InChI=1S/C22H16N8O/c23-10-14-2-1-3-15(8-14)12-30-13-17(11-25-30)26-22(31)21-18-9-16(19-6-7-24-27-19)4-5-20(18)28-29-21/h1-9,11,13H,12H2,(H,24,27)(H,26,31)(H,28,29). The van der Waals surface area contributed by atoms with Crippen molar-refractivity contribution < 1.29 is 4.79 Å². The van der Waals surface area contributed by atoms with Crippen LogP contribution < -0.4 is 5.32 Å². The van der Waals surface area contributed by atoms with Crippen LogP contribution in [0.4, 0.5) is 5.69 Å². The van der Waals surface area contributed by atoms with Gasteiger partial charge >= 0.3 is 0 Å². The summed E-state index contributed by atoms with van der Waals surface area (Å²) in [5.41, 5.74) is 4.93. The molecule has 150 valence electrons. The van der Waals surface area contributed by atoms with E-state index in [1.165, 1.54) is 0 Å². The fourth-order valence-electron chi connectivity index (χ4n) is 3.40. The highest BCUT2D eigenvalue weighted by molar-refractivity contribution is 6.11. The topological polar surface area (TPSA) is 128 Å². The molecule has 5 rings (SSSR count). The van der Waals surface area contributed by atoms with E-state index in [4.69, 9.17) is 5.26 Å². The van der Waals surface area contributed by atoms with Gasteiger partial charge in [0.25, 0.3) is 5.91 Å². The highest BCUT2D eigenvalue weighted by Gasteiger charge is 2.16. The molecule has 0 spiro atoms. The van der Waals surface area contributed by atoms with Gasteiger partial charge in [-0.2, -0.15) is 20.6 Å². The van der Waals surface area contributed by atoms with E-state index in [0.717, 1.165) is 22.3 Å². The third-order valence-corrected chi connectivity index (χ3v) is 4.88. The molecule has 3 N–H and O–H groups in total. The number of hydrogen-bond acceptors (Lipinski definition) is 5. The number of aromatic amines is 2. The van der Waals surface area contributed by atoms with E-state index in [-0.39, 0.29) is 5.91 Å². The summed E-state index contributed by atoms with van der Waals surface area (Å²) in [6, 6.07) is 17.0. The van der Waals surface area contributed by atoms with Crippen molar-refractivity contribution in [3.8, 4) is 17.3 Å². The van der Waals surface area contributed by atoms with Crippen LogP contribution in [0.1, 0.15) is 21.6 Å². The predicted molar refractivity (Wildman–Crippen MR) is 114 cm³/mol. The van der Waals surface area contributed by atoms with Gasteiger partial charge in [0, 0.05) is 23.3 Å². The zero-order valence-electron chi connectivity index (χ0n) is 16.2. The number of benzene rings is 2. The number of carbonyl (C=O) groups is 1. The number of anilines is 1. The second-order valence-corrected chi connectivity index (χ2v) is 7.00. The molecule has 31 heavy (non-hydrogen) atoms. The molecule has 0 saturated carbocycles. The number of amides is 1. The molecule has 0 aliphatic carbocycles. The van der Waals surface area contributed by atoms with Crippen molar-refractivity contribution in [3.05, 3.63) is 83.9 Å². The van der Waals surface area contributed by atoms with Crippen LogP contribution in [0.2, 0.25) is 0 Å². The average molecular weight is 408 g/mol. The Balaban J connectivity index is 1.35. The third kappa shape index (κ3) is 3.65. The van der Waals surface area contributed by atoms with Gasteiger partial charge in [0.15, 0.2) is 5.69 Å². The maximum Gasteiger partial charge on any atom is 0.276 e. The number of fused-ring (bicyclic) bond motifs is 1. The summed E-state index contributed by atoms with van der Waals surface area (Å²) >= 11 is 0. The first-order chi connectivity index (χ1) is 15.2. The minimum atomic E-state index is -0.334. The van der Waals surface area contributed by atoms with Gasteiger partial charge in [-0.05, 0) is 35.9 Å². The number of hydrogen-bond donors (Lipinski definition) is 3. The molecule has 9 nitrogen and oxygen atoms in total. The molecule has 3 heterocycles. The third-order valence-electron chi connectivity index (χ3n) is 4.88. The van der Waals surface area contributed by atoms with Crippen molar-refractivity contribution in [1.82, 2.24) is 30.2 Å². The first kappa shape index (κ1) is 18.3. The van der Waals surface area contributed by atoms with Gasteiger partial charge in [0.1, 0.15) is 0 Å². The lowest BCUT2D eigenvalue weighted by Gasteiger charge is -2.03. The molecule has 5 aromatic rings. The summed E-state index contributed by atoms with van der Waals surface area (Å²) in [6.07, 6.45) is 5.00. The largest absolute Gasteiger partial charge is 0.318 e. The molecule has 9 heteroatoms. The van der Waals surface area contributed by atoms with Gasteiger partial charge < -0.3 is 5.32 Å². The van der Waals surface area contributed by atoms with Gasteiger partial charge in [-0.3, -0.25) is 19.7 Å². The van der Waals surface area contributed by atoms with E-state index in [1.807, 2.05) is 42.5 Å². The summed E-state index contributed by atoms with van der Waals surface area (Å²) in [7, 11) is 0. The first-order valence-corrected chi connectivity index (χ1v) is 9.50. The molecule has 3 aromatic heterocycles. The highest BCUT2D eigenvalue weighted by Crippen LogP contribution is 2.24. The summed E-state index contributed by atoms with van der Waals surface area (Å²) in [5.74, 6) is -0.334. The Bertz CT molecular complexity index is 1420. The Morgan fingerprint density at radius 2 is 2.10 bits per heavy atom. The second-order valence-electron chi connectivity index (χ2n) is 7.00. The Kier molecular flexibility index (Phi) is 4.50. The molecule has 2 aromatic carbocycles. The molecule has 0 radical (unpaired) electrons. The Morgan fingerprint density at radius 1 is 1.16 bits per heavy atom. The molecule has 0 saturated heterocycles. The van der Waals surface area contributed by atoms with Gasteiger partial charge in [-0.25, -0.2) is 0 Å². The Labute approximate surface area is 176 Å². The molecular weight excluding hydrogens is 392 g/mol. The van der Waals surface area contributed by atoms with Crippen LogP contribution in [0, 0.1) is 11.3 Å². The van der Waals surface area contributed by atoms with E-state index >= 15 is 0 Å². The maximum absolute atomic E-state index is 12.9. The number of nitriles is 1. The Morgan fingerprint density at radius 3 is 2.94 bits per heavy atom. The van der Waals surface area contributed by atoms with Crippen LogP contribution in [0.25, 0.3) is 22.2 Å². The molecule has 0 atom stereocenters. The minimum Gasteiger partial charge on any atom is -0.318 e. The quantitative estimate of drug-likeness (QED) is 0.411. The highest BCUT2D eigenvalue weighted by atomic mass is 16.2. The van der Waals surface area contributed by atoms with Crippen LogP contribution in [0.5, 0.6) is 0 Å². The fourth-order valence-corrected chi connectivity index (χ4v) is 3.40. The maximum atomic E-state index is 12.9. The van der Waals surface area contributed by atoms with Crippen molar-refractivity contribution in [1.29, 1.82) is 5.26 Å². The number of aromatic nitrogens is 6. The van der Waals surface area contributed by atoms with Crippen LogP contribution >= 0.6 is 0 Å². The first-order valence-electron chi connectivity index (χ1n) is 9.50. The van der Waals surface area contributed by atoms with Crippen molar-refractivity contribution >= 4 is 22.5 Å². The van der Waals surface area contributed by atoms with Gasteiger partial charge in [0.05, 0.1) is 41.3 Å². The van der Waals surface area contributed by atoms with E-state index in [1.54, 1.807) is 29.3 Å². The summed E-state index contributed by atoms with van der Waals surface area (Å²) in [5, 5.41) is 30.8. The minimum absolute atomic E-state index is 0.297. The number of carbonyl (C=O) groups excluding carboxylic acids is 1. The molecule has 0 aliphatic heterocycles. The van der Waals surface area contributed by atoms with Crippen LogP contribution in [0.3, 0.4) is 0 Å². The van der Waals surface area contributed by atoms with E-state index in [2.05, 4.69) is 36.9 Å². The van der Waals surface area contributed by atoms with Crippen LogP contribution in [0.15, 0.2) is 67.1 Å². The predicted octanol–water partition coefficient (Wildman–Crippen LogP) is 3.32. The van der Waals surface area contributed by atoms with Crippen LogP contribution in [-0.4, -0.2) is 36.1 Å².